The number of carbonyl (C=O) groups excluding carboxylic acids is 2. The maximum Gasteiger partial charge on any atom is 0.331 e. The van der Waals surface area contributed by atoms with E-state index in [0.29, 0.717) is 30.2 Å². The van der Waals surface area contributed by atoms with Gasteiger partial charge in [0.1, 0.15) is 11.8 Å². The number of hydrogen-bond acceptors (Lipinski definition) is 8. The number of aromatic nitrogens is 6. The van der Waals surface area contributed by atoms with Gasteiger partial charge in [0.15, 0.2) is 5.82 Å². The number of amides is 3. The van der Waals surface area contributed by atoms with Gasteiger partial charge in [-0.1, -0.05) is 30.2 Å². The maximum atomic E-state index is 13.6. The van der Waals surface area contributed by atoms with Crippen LogP contribution in [0.1, 0.15) is 44.6 Å². The number of anilines is 2. The Bertz CT molecular complexity index is 1610. The van der Waals surface area contributed by atoms with Crippen LogP contribution in [-0.4, -0.2) is 72.7 Å². The molecule has 40 heavy (non-hydrogen) atoms. The highest BCUT2D eigenvalue weighted by atomic mass is 16.5. The van der Waals surface area contributed by atoms with Gasteiger partial charge in [-0.25, -0.2) is 23.9 Å². The number of hydrogen-bond donors (Lipinski definition) is 1. The summed E-state index contributed by atoms with van der Waals surface area (Å²) in [5.41, 5.74) is 10.8. The monoisotopic (exact) mass is 541 g/mol. The Labute approximate surface area is 230 Å². The molecule has 0 spiro atoms. The van der Waals surface area contributed by atoms with Crippen molar-refractivity contribution >= 4 is 29.0 Å². The Morgan fingerprint density at radius 2 is 1.85 bits per heavy atom. The molecule has 3 aromatic heterocycles. The van der Waals surface area contributed by atoms with Crippen LogP contribution < -0.4 is 10.6 Å². The average Bonchev–Trinajstić information content (AvgIpc) is 3.63. The molecule has 2 unspecified atom stereocenters. The lowest BCUT2D eigenvalue weighted by Gasteiger charge is -2.45. The fourth-order valence-corrected chi connectivity index (χ4v) is 6.57. The second-order valence-electron chi connectivity index (χ2n) is 10.8. The molecular formula is C28H31N9O3. The summed E-state index contributed by atoms with van der Waals surface area (Å²) in [4.78, 5) is 34.3. The van der Waals surface area contributed by atoms with Crippen molar-refractivity contribution < 1.29 is 14.3 Å². The van der Waals surface area contributed by atoms with Crippen LogP contribution in [0, 0.1) is 5.92 Å². The van der Waals surface area contributed by atoms with Crippen molar-refractivity contribution in [1.29, 1.82) is 0 Å². The predicted octanol–water partition coefficient (Wildman–Crippen LogP) is 3.55. The molecule has 12 nitrogen and oxygen atoms in total. The van der Waals surface area contributed by atoms with Gasteiger partial charge in [-0.15, -0.1) is 5.10 Å². The average molecular weight is 542 g/mol. The topological polar surface area (TPSA) is 137 Å². The number of fused-ring (bicyclic) bond motifs is 2. The third-order valence-electron chi connectivity index (χ3n) is 8.63. The van der Waals surface area contributed by atoms with Crippen LogP contribution in [0.4, 0.5) is 16.3 Å². The zero-order valence-electron chi connectivity index (χ0n) is 22.3. The van der Waals surface area contributed by atoms with Crippen molar-refractivity contribution in [3.05, 3.63) is 42.9 Å². The molecular weight excluding hydrogens is 510 g/mol. The van der Waals surface area contributed by atoms with E-state index in [9.17, 15) is 9.59 Å². The summed E-state index contributed by atoms with van der Waals surface area (Å²) in [6, 6.07) is 9.31. The SMILES string of the molecule is CN1C(=O)N(c2cccc(-c3cc(-c4cnnn4C4CCOCC4)c4c(N)ncnn34)c2)C(=O)C2CCCCC21. The van der Waals surface area contributed by atoms with Gasteiger partial charge in [0.25, 0.3) is 0 Å². The van der Waals surface area contributed by atoms with Crippen LogP contribution >= 0.6 is 0 Å². The highest BCUT2D eigenvalue weighted by molar-refractivity contribution is 6.17. The molecule has 2 aliphatic heterocycles. The first kappa shape index (κ1) is 24.7. The highest BCUT2D eigenvalue weighted by Gasteiger charge is 2.46. The Kier molecular flexibility index (Phi) is 5.99. The van der Waals surface area contributed by atoms with Gasteiger partial charge >= 0.3 is 6.03 Å². The number of ether oxygens (including phenoxy) is 1. The van der Waals surface area contributed by atoms with Crippen LogP contribution in [0.25, 0.3) is 28.0 Å². The van der Waals surface area contributed by atoms with Crippen LogP contribution in [0.3, 0.4) is 0 Å². The number of benzene rings is 1. The molecule has 1 aliphatic carbocycles. The smallest absolute Gasteiger partial charge is 0.331 e. The summed E-state index contributed by atoms with van der Waals surface area (Å²) in [6.07, 6.45) is 8.55. The first-order valence-corrected chi connectivity index (χ1v) is 13.8. The van der Waals surface area contributed by atoms with Crippen LogP contribution in [0.15, 0.2) is 42.9 Å². The van der Waals surface area contributed by atoms with Crippen molar-refractivity contribution in [2.75, 3.05) is 30.9 Å². The highest BCUT2D eigenvalue weighted by Crippen LogP contribution is 2.39. The lowest BCUT2D eigenvalue weighted by atomic mass is 9.81. The lowest BCUT2D eigenvalue weighted by Crippen LogP contribution is -2.61. The number of nitrogen functional groups attached to an aromatic ring is 1. The maximum absolute atomic E-state index is 13.6. The molecule has 2 saturated heterocycles. The lowest BCUT2D eigenvalue weighted by molar-refractivity contribution is -0.126. The van der Waals surface area contributed by atoms with E-state index in [2.05, 4.69) is 20.4 Å². The molecule has 4 aromatic rings. The van der Waals surface area contributed by atoms with Gasteiger partial charge in [0.05, 0.1) is 35.2 Å². The van der Waals surface area contributed by atoms with Crippen LogP contribution in [0.2, 0.25) is 0 Å². The number of carbonyl (C=O) groups is 2. The van der Waals surface area contributed by atoms with Crippen molar-refractivity contribution in [3.63, 3.8) is 0 Å². The third kappa shape index (κ3) is 3.85. The summed E-state index contributed by atoms with van der Waals surface area (Å²) in [5.74, 6) is 0.0356. The first-order chi connectivity index (χ1) is 19.5. The van der Waals surface area contributed by atoms with Gasteiger partial charge < -0.3 is 15.4 Å². The molecule has 1 aromatic carbocycles. The number of urea groups is 1. The summed E-state index contributed by atoms with van der Waals surface area (Å²) in [6.45, 7) is 1.35. The van der Waals surface area contributed by atoms with E-state index in [1.165, 1.54) is 11.2 Å². The molecule has 206 valence electrons. The van der Waals surface area contributed by atoms with E-state index in [4.69, 9.17) is 10.5 Å². The molecule has 7 rings (SSSR count). The normalized spacial score (nSPS) is 22.2. The molecule has 12 heteroatoms. The van der Waals surface area contributed by atoms with Gasteiger partial charge in [0.2, 0.25) is 5.91 Å². The fraction of sp³-hybridized carbons (Fsp3) is 0.429. The predicted molar refractivity (Wildman–Crippen MR) is 147 cm³/mol. The van der Waals surface area contributed by atoms with E-state index in [-0.39, 0.29) is 29.9 Å². The van der Waals surface area contributed by atoms with E-state index >= 15 is 0 Å². The van der Waals surface area contributed by atoms with E-state index < -0.39 is 0 Å². The number of rotatable bonds is 4. The van der Waals surface area contributed by atoms with Gasteiger partial charge in [-0.3, -0.25) is 4.79 Å². The molecule has 3 aliphatic rings. The van der Waals surface area contributed by atoms with E-state index in [1.807, 2.05) is 28.9 Å². The van der Waals surface area contributed by atoms with E-state index in [0.717, 1.165) is 61.0 Å². The second-order valence-corrected chi connectivity index (χ2v) is 10.8. The van der Waals surface area contributed by atoms with E-state index in [1.54, 1.807) is 28.7 Å². The minimum absolute atomic E-state index is 0.0285. The number of nitrogens with two attached hydrogens (primary N) is 1. The zero-order chi connectivity index (χ0) is 27.4. The largest absolute Gasteiger partial charge is 0.382 e. The molecule has 3 fully saturated rings. The first-order valence-electron chi connectivity index (χ1n) is 13.8. The molecule has 0 bridgehead atoms. The van der Waals surface area contributed by atoms with Crippen molar-refractivity contribution in [3.8, 4) is 22.5 Å². The molecule has 2 N–H and O–H groups in total. The minimum Gasteiger partial charge on any atom is -0.382 e. The Morgan fingerprint density at radius 1 is 1.02 bits per heavy atom. The summed E-state index contributed by atoms with van der Waals surface area (Å²) in [7, 11) is 1.80. The van der Waals surface area contributed by atoms with Crippen molar-refractivity contribution in [1.82, 2.24) is 34.5 Å². The number of imide groups is 1. The minimum atomic E-state index is -0.288. The summed E-state index contributed by atoms with van der Waals surface area (Å²) in [5, 5.41) is 13.1. The van der Waals surface area contributed by atoms with Crippen LogP contribution in [0.5, 0.6) is 0 Å². The Balaban J connectivity index is 1.32. The van der Waals surface area contributed by atoms with Crippen molar-refractivity contribution in [2.45, 2.75) is 50.6 Å². The fourth-order valence-electron chi connectivity index (χ4n) is 6.57. The standard InChI is InChI=1S/C28H31N9O3/c1-34-22-8-3-2-7-20(22)27(38)35(28(34)39)19-6-4-5-17(13-19)23-14-21(25-26(29)30-16-32-37(23)25)24-15-31-33-36(24)18-9-11-40-12-10-18/h4-6,13-16,18,20,22H,2-3,7-12H2,1H3,(H2,29,30,32). The quantitative estimate of drug-likeness (QED) is 0.414. The van der Waals surface area contributed by atoms with Crippen LogP contribution in [-0.2, 0) is 9.53 Å². The van der Waals surface area contributed by atoms with Gasteiger partial charge in [-0.05, 0) is 43.9 Å². The molecule has 2 atom stereocenters. The molecule has 0 radical (unpaired) electrons. The van der Waals surface area contributed by atoms with Gasteiger partial charge in [0, 0.05) is 37.4 Å². The molecule has 1 saturated carbocycles. The third-order valence-corrected chi connectivity index (χ3v) is 8.63. The number of nitrogens with zero attached hydrogens (tertiary/aromatic N) is 8. The summed E-state index contributed by atoms with van der Waals surface area (Å²) >= 11 is 0. The summed E-state index contributed by atoms with van der Waals surface area (Å²) < 4.78 is 9.23. The Morgan fingerprint density at radius 3 is 2.70 bits per heavy atom. The van der Waals surface area contributed by atoms with Gasteiger partial charge in [-0.2, -0.15) is 5.10 Å². The molecule has 5 heterocycles. The zero-order valence-corrected chi connectivity index (χ0v) is 22.3. The molecule has 3 amide bonds. The Hall–Kier alpha value is -4.32. The van der Waals surface area contributed by atoms with Crippen molar-refractivity contribution in [2.24, 2.45) is 5.92 Å². The second kappa shape index (κ2) is 9.70.